The monoisotopic (exact) mass is 343 g/mol. The molecule has 134 valence electrons. The summed E-state index contributed by atoms with van der Waals surface area (Å²) in [5, 5.41) is 6.32. The van der Waals surface area contributed by atoms with Crippen molar-refractivity contribution >= 4 is 5.96 Å². The molecule has 0 bridgehead atoms. The Hall–Kier alpha value is -2.40. The van der Waals surface area contributed by atoms with Crippen molar-refractivity contribution in [3.8, 4) is 0 Å². The third kappa shape index (κ3) is 6.55. The summed E-state index contributed by atoms with van der Waals surface area (Å²) in [6.45, 7) is 3.84. The highest BCUT2D eigenvalue weighted by Crippen LogP contribution is 2.15. The molecule has 1 atom stereocenters. The van der Waals surface area contributed by atoms with E-state index in [1.54, 1.807) is 19.2 Å². The van der Waals surface area contributed by atoms with Crippen LogP contribution in [0.1, 0.15) is 30.6 Å². The molecule has 2 rings (SSSR count). The van der Waals surface area contributed by atoms with Gasteiger partial charge in [-0.3, -0.25) is 4.99 Å². The molecule has 0 heterocycles. The molecule has 4 nitrogen and oxygen atoms in total. The Morgan fingerprint density at radius 1 is 1.08 bits per heavy atom. The Morgan fingerprint density at radius 2 is 1.80 bits per heavy atom. The molecule has 0 saturated carbocycles. The Labute approximate surface area is 149 Å². The number of aliphatic imine (C=N–C) groups is 1. The van der Waals surface area contributed by atoms with Crippen molar-refractivity contribution in [2.75, 3.05) is 20.2 Å². The fraction of sp³-hybridized carbons (Fsp3) is 0.350. The van der Waals surface area contributed by atoms with Crippen LogP contribution in [0.3, 0.4) is 0 Å². The smallest absolute Gasteiger partial charge is 0.191 e. The zero-order chi connectivity index (χ0) is 17.9. The van der Waals surface area contributed by atoms with Crippen molar-refractivity contribution in [2.24, 2.45) is 4.99 Å². The van der Waals surface area contributed by atoms with Crippen molar-refractivity contribution in [1.82, 2.24) is 10.6 Å². The lowest BCUT2D eigenvalue weighted by molar-refractivity contribution is 0.0646. The molecule has 0 spiro atoms. The molecule has 0 radical (unpaired) electrons. The summed E-state index contributed by atoms with van der Waals surface area (Å²) in [7, 11) is 1.70. The molecule has 0 aliphatic rings. The summed E-state index contributed by atoms with van der Waals surface area (Å²) in [6, 6.07) is 16.9. The van der Waals surface area contributed by atoms with Gasteiger partial charge in [-0.1, -0.05) is 48.5 Å². The number of hydrogen-bond acceptors (Lipinski definition) is 2. The Morgan fingerprint density at radius 3 is 2.52 bits per heavy atom. The van der Waals surface area contributed by atoms with E-state index in [4.69, 9.17) is 4.74 Å². The van der Waals surface area contributed by atoms with Crippen molar-refractivity contribution in [3.05, 3.63) is 71.5 Å². The molecule has 2 aromatic carbocycles. The Balaban J connectivity index is 1.64. The normalized spacial score (nSPS) is 12.7. The van der Waals surface area contributed by atoms with Gasteiger partial charge in [0.15, 0.2) is 5.96 Å². The summed E-state index contributed by atoms with van der Waals surface area (Å²) in [4.78, 5) is 4.14. The van der Waals surface area contributed by atoms with Gasteiger partial charge in [0.25, 0.3) is 0 Å². The van der Waals surface area contributed by atoms with Crippen molar-refractivity contribution in [2.45, 2.75) is 26.0 Å². The highest BCUT2D eigenvalue weighted by atomic mass is 19.1. The first-order chi connectivity index (χ1) is 12.2. The number of guanidine groups is 1. The van der Waals surface area contributed by atoms with Crippen LogP contribution in [0.5, 0.6) is 0 Å². The van der Waals surface area contributed by atoms with Crippen LogP contribution in [-0.2, 0) is 11.3 Å². The predicted molar refractivity (Wildman–Crippen MR) is 100 cm³/mol. The minimum atomic E-state index is -0.214. The molecule has 0 aliphatic carbocycles. The van der Waals surface area contributed by atoms with E-state index >= 15 is 0 Å². The van der Waals surface area contributed by atoms with E-state index < -0.39 is 0 Å². The van der Waals surface area contributed by atoms with E-state index in [1.807, 2.05) is 24.3 Å². The molecule has 0 saturated heterocycles. The molecular formula is C20H26FN3O. The highest BCUT2D eigenvalue weighted by Gasteiger charge is 2.05. The molecular weight excluding hydrogens is 317 g/mol. The minimum Gasteiger partial charge on any atom is -0.374 e. The van der Waals surface area contributed by atoms with Crippen molar-refractivity contribution in [3.63, 3.8) is 0 Å². The van der Waals surface area contributed by atoms with Gasteiger partial charge in [0.05, 0.1) is 6.10 Å². The topological polar surface area (TPSA) is 45.7 Å². The lowest BCUT2D eigenvalue weighted by Gasteiger charge is -2.15. The van der Waals surface area contributed by atoms with Gasteiger partial charge in [0.2, 0.25) is 0 Å². The molecule has 0 amide bonds. The molecule has 5 heteroatoms. The van der Waals surface area contributed by atoms with Crippen molar-refractivity contribution in [1.29, 1.82) is 0 Å². The molecule has 0 aliphatic heterocycles. The molecule has 1 unspecified atom stereocenters. The quantitative estimate of drug-likeness (QED) is 0.437. The highest BCUT2D eigenvalue weighted by molar-refractivity contribution is 5.79. The molecule has 2 aromatic rings. The van der Waals surface area contributed by atoms with Gasteiger partial charge in [-0.25, -0.2) is 4.39 Å². The van der Waals surface area contributed by atoms with E-state index in [0.29, 0.717) is 24.7 Å². The van der Waals surface area contributed by atoms with Gasteiger partial charge in [0, 0.05) is 32.3 Å². The average molecular weight is 343 g/mol. The maximum atomic E-state index is 13.6. The van der Waals surface area contributed by atoms with E-state index in [-0.39, 0.29) is 11.9 Å². The number of benzene rings is 2. The second kappa shape index (κ2) is 10.5. The molecule has 25 heavy (non-hydrogen) atoms. The first-order valence-electron chi connectivity index (χ1n) is 8.55. The maximum absolute atomic E-state index is 13.6. The maximum Gasteiger partial charge on any atom is 0.191 e. The van der Waals surface area contributed by atoms with Crippen LogP contribution >= 0.6 is 0 Å². The van der Waals surface area contributed by atoms with Crippen LogP contribution in [0.15, 0.2) is 59.6 Å². The van der Waals surface area contributed by atoms with E-state index in [2.05, 4.69) is 34.7 Å². The SMILES string of the molecule is CN=C(NCCCOC(C)c1ccccc1)NCc1ccccc1F. The number of halogens is 1. The van der Waals surface area contributed by atoms with Crippen LogP contribution in [0, 0.1) is 5.82 Å². The third-order valence-corrected chi connectivity index (χ3v) is 3.88. The predicted octanol–water partition coefficient (Wildman–Crippen LogP) is 3.66. The lowest BCUT2D eigenvalue weighted by Crippen LogP contribution is -2.37. The Kier molecular flexibility index (Phi) is 7.92. The Bertz CT molecular complexity index is 661. The fourth-order valence-corrected chi connectivity index (χ4v) is 2.40. The van der Waals surface area contributed by atoms with Gasteiger partial charge < -0.3 is 15.4 Å². The number of nitrogens with one attached hydrogen (secondary N) is 2. The average Bonchev–Trinajstić information content (AvgIpc) is 2.65. The summed E-state index contributed by atoms with van der Waals surface area (Å²) < 4.78 is 19.4. The zero-order valence-corrected chi connectivity index (χ0v) is 14.8. The fourth-order valence-electron chi connectivity index (χ4n) is 2.40. The molecule has 0 fully saturated rings. The number of hydrogen-bond donors (Lipinski definition) is 2. The number of ether oxygens (including phenoxy) is 1. The second-order valence-corrected chi connectivity index (χ2v) is 5.72. The van der Waals surface area contributed by atoms with Crippen LogP contribution in [0.25, 0.3) is 0 Å². The summed E-state index contributed by atoms with van der Waals surface area (Å²) in [6.07, 6.45) is 0.942. The van der Waals surface area contributed by atoms with E-state index in [0.717, 1.165) is 13.0 Å². The van der Waals surface area contributed by atoms with E-state index in [1.165, 1.54) is 11.6 Å². The largest absolute Gasteiger partial charge is 0.374 e. The van der Waals surface area contributed by atoms with Crippen LogP contribution in [0.2, 0.25) is 0 Å². The van der Waals surface area contributed by atoms with Crippen LogP contribution < -0.4 is 10.6 Å². The van der Waals surface area contributed by atoms with Crippen LogP contribution in [0.4, 0.5) is 4.39 Å². The third-order valence-electron chi connectivity index (χ3n) is 3.88. The van der Waals surface area contributed by atoms with Crippen LogP contribution in [-0.4, -0.2) is 26.2 Å². The van der Waals surface area contributed by atoms with Gasteiger partial charge in [-0.2, -0.15) is 0 Å². The lowest BCUT2D eigenvalue weighted by atomic mass is 10.1. The van der Waals surface area contributed by atoms with Gasteiger partial charge in [0.1, 0.15) is 5.82 Å². The first-order valence-corrected chi connectivity index (χ1v) is 8.55. The number of rotatable bonds is 8. The summed E-state index contributed by atoms with van der Waals surface area (Å²) >= 11 is 0. The van der Waals surface area contributed by atoms with Gasteiger partial charge >= 0.3 is 0 Å². The zero-order valence-electron chi connectivity index (χ0n) is 14.8. The molecule has 2 N–H and O–H groups in total. The summed E-state index contributed by atoms with van der Waals surface area (Å²) in [5.41, 5.74) is 1.79. The van der Waals surface area contributed by atoms with E-state index in [9.17, 15) is 4.39 Å². The van der Waals surface area contributed by atoms with Gasteiger partial charge in [-0.15, -0.1) is 0 Å². The molecule has 0 aromatic heterocycles. The minimum absolute atomic E-state index is 0.0830. The second-order valence-electron chi connectivity index (χ2n) is 5.72. The standard InChI is InChI=1S/C20H26FN3O/c1-16(17-9-4-3-5-10-17)25-14-8-13-23-20(22-2)24-15-18-11-6-7-12-19(18)21/h3-7,9-12,16H,8,13-15H2,1-2H3,(H2,22,23,24). The van der Waals surface area contributed by atoms with Crippen molar-refractivity contribution < 1.29 is 9.13 Å². The number of nitrogens with zero attached hydrogens (tertiary/aromatic N) is 1. The first kappa shape index (κ1) is 18.9. The summed E-state index contributed by atoms with van der Waals surface area (Å²) in [5.74, 6) is 0.438. The van der Waals surface area contributed by atoms with Gasteiger partial charge in [-0.05, 0) is 25.0 Å².